The summed E-state index contributed by atoms with van der Waals surface area (Å²) in [6, 6.07) is -2.15. The first-order valence-electron chi connectivity index (χ1n) is 6.64. The van der Waals surface area contributed by atoms with E-state index in [9.17, 15) is 23.4 Å². The van der Waals surface area contributed by atoms with Crippen molar-refractivity contribution in [1.29, 1.82) is 0 Å². The van der Waals surface area contributed by atoms with Crippen LogP contribution in [-0.4, -0.2) is 75.1 Å². The van der Waals surface area contributed by atoms with E-state index in [1.807, 2.05) is 0 Å². The number of hydrogen-bond donors (Lipinski definition) is 6. The summed E-state index contributed by atoms with van der Waals surface area (Å²) in [5.74, 6) is -3.70. The van der Waals surface area contributed by atoms with Crippen molar-refractivity contribution >= 4 is 47.2 Å². The first kappa shape index (κ1) is 24.6. The van der Waals surface area contributed by atoms with E-state index in [1.54, 1.807) is 12.5 Å². The van der Waals surface area contributed by atoms with Crippen LogP contribution in [0.1, 0.15) is 12.8 Å². The zero-order valence-corrected chi connectivity index (χ0v) is 15.1. The lowest BCUT2D eigenvalue weighted by molar-refractivity contribution is -0.139. The lowest BCUT2D eigenvalue weighted by Crippen LogP contribution is -2.49. The van der Waals surface area contributed by atoms with E-state index in [1.165, 1.54) is 0 Å². The number of thiol groups is 1. The standard InChI is InChI=1S/C10H17N3O6S.C2H6OS/c11-5(10(18)19)1-2-7(14)13-6(4-20)9(17)12-3-8(15)16;1-4(2)3/h5-6,20H,1-4,11H2,(H,12,17)(H,13,14)(H,15,16)(H,18,19);1-2H3/t5-,6-;/m0./s1. The van der Waals surface area contributed by atoms with Gasteiger partial charge in [0.1, 0.15) is 18.6 Å². The fraction of sp³-hybridized carbons (Fsp3) is 0.667. The molecule has 6 N–H and O–H groups in total. The highest BCUT2D eigenvalue weighted by molar-refractivity contribution is 7.83. The Bertz CT molecular complexity index is 470. The van der Waals surface area contributed by atoms with Gasteiger partial charge in [0.05, 0.1) is 0 Å². The molecule has 12 heteroatoms. The van der Waals surface area contributed by atoms with Gasteiger partial charge in [0.15, 0.2) is 0 Å². The number of nitrogens with two attached hydrogens (primary N) is 1. The Hall–Kier alpha value is -1.66. The second-order valence-corrected chi connectivity index (χ2v) is 6.49. The molecule has 0 aliphatic rings. The predicted molar refractivity (Wildman–Crippen MR) is 91.3 cm³/mol. The molecule has 0 rings (SSSR count). The number of hydrogen-bond acceptors (Lipinski definition) is 7. The van der Waals surface area contributed by atoms with Crippen molar-refractivity contribution in [3.05, 3.63) is 0 Å². The van der Waals surface area contributed by atoms with Crippen molar-refractivity contribution in [2.45, 2.75) is 24.9 Å². The number of rotatable bonds is 9. The minimum atomic E-state index is -1.22. The first-order valence-corrected chi connectivity index (χ1v) is 9.24. The van der Waals surface area contributed by atoms with Gasteiger partial charge in [0.25, 0.3) is 0 Å². The van der Waals surface area contributed by atoms with Crippen LogP contribution in [0, 0.1) is 0 Å². The van der Waals surface area contributed by atoms with Gasteiger partial charge in [-0.2, -0.15) is 12.6 Å². The summed E-state index contributed by atoms with van der Waals surface area (Å²) >= 11 is 3.87. The normalized spacial score (nSPS) is 12.4. The van der Waals surface area contributed by atoms with Crippen LogP contribution >= 0.6 is 12.6 Å². The number of amides is 2. The first-order chi connectivity index (χ1) is 11.0. The lowest BCUT2D eigenvalue weighted by Gasteiger charge is -2.16. The lowest BCUT2D eigenvalue weighted by atomic mass is 10.1. The molecule has 0 heterocycles. The number of carbonyl (C=O) groups is 4. The third kappa shape index (κ3) is 15.2. The second-order valence-electron chi connectivity index (χ2n) is 4.64. The molecule has 0 aliphatic heterocycles. The second kappa shape index (κ2) is 13.7. The molecule has 0 bridgehead atoms. The molecule has 10 nitrogen and oxygen atoms in total. The fourth-order valence-electron chi connectivity index (χ4n) is 1.16. The molecular formula is C12H23N3O7S2. The molecular weight excluding hydrogens is 362 g/mol. The Morgan fingerprint density at radius 3 is 2.08 bits per heavy atom. The minimum Gasteiger partial charge on any atom is -0.480 e. The van der Waals surface area contributed by atoms with E-state index in [-0.39, 0.29) is 18.6 Å². The molecule has 0 spiro atoms. The molecule has 24 heavy (non-hydrogen) atoms. The topological polar surface area (TPSA) is 176 Å². The van der Waals surface area contributed by atoms with Crippen molar-refractivity contribution in [2.24, 2.45) is 5.73 Å². The summed E-state index contributed by atoms with van der Waals surface area (Å²) in [6.45, 7) is -0.567. The summed E-state index contributed by atoms with van der Waals surface area (Å²) in [7, 11) is -0.611. The Labute approximate surface area is 147 Å². The van der Waals surface area contributed by atoms with Crippen LogP contribution < -0.4 is 16.4 Å². The Morgan fingerprint density at radius 2 is 1.71 bits per heavy atom. The molecule has 0 unspecified atom stereocenters. The quantitative estimate of drug-likeness (QED) is 0.242. The van der Waals surface area contributed by atoms with Crippen molar-refractivity contribution in [3.63, 3.8) is 0 Å². The summed E-state index contributed by atoms with van der Waals surface area (Å²) in [4.78, 5) is 43.7. The van der Waals surface area contributed by atoms with Crippen LogP contribution in [0.15, 0.2) is 0 Å². The van der Waals surface area contributed by atoms with Gasteiger partial charge in [-0.25, -0.2) is 0 Å². The van der Waals surface area contributed by atoms with Crippen LogP contribution in [0.2, 0.25) is 0 Å². The van der Waals surface area contributed by atoms with Gasteiger partial charge in [-0.1, -0.05) is 0 Å². The molecule has 0 aromatic rings. The minimum absolute atomic E-state index is 0.0256. The Morgan fingerprint density at radius 1 is 1.21 bits per heavy atom. The van der Waals surface area contributed by atoms with Gasteiger partial charge in [-0.3, -0.25) is 23.4 Å². The van der Waals surface area contributed by atoms with Crippen LogP contribution in [-0.2, 0) is 30.0 Å². The smallest absolute Gasteiger partial charge is 0.322 e. The average molecular weight is 385 g/mol. The number of nitrogens with one attached hydrogen (secondary N) is 2. The molecule has 0 fully saturated rings. The number of carboxylic acids is 2. The zero-order chi connectivity index (χ0) is 19.3. The Balaban J connectivity index is 0. The van der Waals surface area contributed by atoms with Gasteiger partial charge < -0.3 is 26.6 Å². The van der Waals surface area contributed by atoms with E-state index >= 15 is 0 Å². The maximum absolute atomic E-state index is 11.5. The van der Waals surface area contributed by atoms with Crippen LogP contribution in [0.25, 0.3) is 0 Å². The zero-order valence-electron chi connectivity index (χ0n) is 13.4. The number of carboxylic acid groups (broad SMARTS) is 2. The van der Waals surface area contributed by atoms with Crippen LogP contribution in [0.3, 0.4) is 0 Å². The highest BCUT2D eigenvalue weighted by atomic mass is 32.2. The molecule has 0 aliphatic carbocycles. The third-order valence-corrected chi connectivity index (χ3v) is 2.61. The van der Waals surface area contributed by atoms with E-state index in [0.717, 1.165) is 0 Å². The van der Waals surface area contributed by atoms with Crippen LogP contribution in [0.4, 0.5) is 0 Å². The van der Waals surface area contributed by atoms with E-state index < -0.39 is 53.2 Å². The van der Waals surface area contributed by atoms with Crippen molar-refractivity contribution in [2.75, 3.05) is 24.8 Å². The SMILES string of the molecule is CS(C)=O.N[C@@H](CCC(=O)N[C@@H](CS)C(=O)NCC(=O)O)C(=O)O. The van der Waals surface area contributed by atoms with Gasteiger partial charge >= 0.3 is 11.9 Å². The molecule has 140 valence electrons. The molecule has 2 atom stereocenters. The van der Waals surface area contributed by atoms with Gasteiger partial charge in [0, 0.05) is 35.5 Å². The number of carbonyl (C=O) groups excluding carboxylic acids is 2. The maximum Gasteiger partial charge on any atom is 0.322 e. The van der Waals surface area contributed by atoms with Crippen LogP contribution in [0.5, 0.6) is 0 Å². The molecule has 0 saturated carbocycles. The van der Waals surface area contributed by atoms with Gasteiger partial charge in [-0.05, 0) is 6.42 Å². The number of aliphatic carboxylic acids is 2. The monoisotopic (exact) mass is 385 g/mol. The maximum atomic E-state index is 11.5. The van der Waals surface area contributed by atoms with Gasteiger partial charge in [0.2, 0.25) is 11.8 Å². The van der Waals surface area contributed by atoms with E-state index in [0.29, 0.717) is 0 Å². The summed E-state index contributed by atoms with van der Waals surface area (Å²) < 4.78 is 9.56. The van der Waals surface area contributed by atoms with Gasteiger partial charge in [-0.15, -0.1) is 0 Å². The largest absolute Gasteiger partial charge is 0.480 e. The van der Waals surface area contributed by atoms with Crippen molar-refractivity contribution in [3.8, 4) is 0 Å². The average Bonchev–Trinajstić information content (AvgIpc) is 2.46. The Kier molecular flexibility index (Phi) is 14.1. The molecule has 0 saturated heterocycles. The fourth-order valence-corrected chi connectivity index (χ4v) is 1.41. The highest BCUT2D eigenvalue weighted by Gasteiger charge is 2.20. The molecule has 0 aromatic carbocycles. The summed E-state index contributed by atoms with van der Waals surface area (Å²) in [5, 5.41) is 21.4. The van der Waals surface area contributed by atoms with E-state index in [4.69, 9.17) is 15.9 Å². The molecule has 2 amide bonds. The predicted octanol–water partition coefficient (Wildman–Crippen LogP) is -2.21. The highest BCUT2D eigenvalue weighted by Crippen LogP contribution is 1.97. The molecule has 0 radical (unpaired) electrons. The summed E-state index contributed by atoms with van der Waals surface area (Å²) in [5.41, 5.74) is 5.23. The van der Waals surface area contributed by atoms with Crippen molar-refractivity contribution < 1.29 is 33.6 Å². The van der Waals surface area contributed by atoms with Crippen molar-refractivity contribution in [1.82, 2.24) is 10.6 Å². The third-order valence-electron chi connectivity index (χ3n) is 2.25. The summed E-state index contributed by atoms with van der Waals surface area (Å²) in [6.07, 6.45) is 3.04. The van der Waals surface area contributed by atoms with E-state index in [2.05, 4.69) is 23.3 Å². The molecule has 0 aromatic heterocycles.